The molecule has 226 valence electrons. The first kappa shape index (κ1) is 32.7. The lowest BCUT2D eigenvalue weighted by atomic mass is 9.91. The minimum Gasteiger partial charge on any atom is -0.359 e. The predicted molar refractivity (Wildman–Crippen MR) is 161 cm³/mol. The quantitative estimate of drug-likeness (QED) is 0.146. The summed E-state index contributed by atoms with van der Waals surface area (Å²) < 4.78 is 15.0. The summed E-state index contributed by atoms with van der Waals surface area (Å²) in [6, 6.07) is 6.03. The van der Waals surface area contributed by atoms with Crippen LogP contribution in [-0.2, 0) is 21.9 Å². The van der Waals surface area contributed by atoms with Crippen LogP contribution in [0.4, 0.5) is 4.39 Å². The van der Waals surface area contributed by atoms with Gasteiger partial charge in [-0.05, 0) is 29.7 Å². The highest BCUT2D eigenvalue weighted by molar-refractivity contribution is 7.98. The summed E-state index contributed by atoms with van der Waals surface area (Å²) in [6.45, 7) is 2.73. The molecular weight excluding hydrogens is 559 g/mol. The number of halogens is 1. The first-order valence-corrected chi connectivity index (χ1v) is 15.2. The number of carbonyl (C=O) groups is 2. The summed E-state index contributed by atoms with van der Waals surface area (Å²) >= 11 is 1.26. The van der Waals surface area contributed by atoms with Gasteiger partial charge in [0.1, 0.15) is 12.4 Å². The number of likely N-dealkylation sites (N-methyl/N-ethyl adjacent to an activating group) is 1. The maximum absolute atomic E-state index is 13.4. The maximum Gasteiger partial charge on any atom is 0.344 e. The van der Waals surface area contributed by atoms with Gasteiger partial charge in [0.25, 0.3) is 5.56 Å². The second kappa shape index (κ2) is 16.6. The van der Waals surface area contributed by atoms with Gasteiger partial charge in [0, 0.05) is 62.9 Å². The lowest BCUT2D eigenvalue weighted by molar-refractivity contribution is -0.130. The van der Waals surface area contributed by atoms with E-state index in [0.717, 1.165) is 24.8 Å². The lowest BCUT2D eigenvalue weighted by Gasteiger charge is -2.21. The van der Waals surface area contributed by atoms with Crippen molar-refractivity contribution in [2.75, 3.05) is 20.6 Å². The average molecular weight is 599 g/mol. The van der Waals surface area contributed by atoms with Gasteiger partial charge in [-0.2, -0.15) is 4.98 Å². The molecule has 3 rings (SSSR count). The molecule has 0 fully saturated rings. The van der Waals surface area contributed by atoms with Gasteiger partial charge in [-0.25, -0.2) is 14.2 Å². The molecule has 10 nitrogen and oxygen atoms in total. The lowest BCUT2D eigenvalue weighted by Crippen LogP contribution is -2.33. The number of carbonyl (C=O) groups excluding carboxylic acids is 2. The van der Waals surface area contributed by atoms with Crippen LogP contribution < -0.4 is 16.6 Å². The number of aromatic nitrogens is 4. The van der Waals surface area contributed by atoms with Crippen LogP contribution in [-0.4, -0.2) is 56.9 Å². The molecule has 1 unspecified atom stereocenters. The Morgan fingerprint density at radius 1 is 1.12 bits per heavy atom. The minimum atomic E-state index is -0.757. The fourth-order valence-electron chi connectivity index (χ4n) is 4.45. The molecule has 0 bridgehead atoms. The van der Waals surface area contributed by atoms with E-state index >= 15 is 0 Å². The van der Waals surface area contributed by atoms with Crippen molar-refractivity contribution in [2.45, 2.75) is 75.2 Å². The van der Waals surface area contributed by atoms with E-state index in [2.05, 4.69) is 27.2 Å². The van der Waals surface area contributed by atoms with Gasteiger partial charge in [-0.15, -0.1) is 0 Å². The molecule has 1 aromatic carbocycles. The molecule has 0 aliphatic rings. The third-order valence-corrected chi connectivity index (χ3v) is 8.05. The molecule has 0 aliphatic heterocycles. The monoisotopic (exact) mass is 598 g/mol. The van der Waals surface area contributed by atoms with Gasteiger partial charge in [-0.1, -0.05) is 62.9 Å². The summed E-state index contributed by atoms with van der Waals surface area (Å²) in [4.78, 5) is 62.9. The van der Waals surface area contributed by atoms with Crippen LogP contribution in [0.5, 0.6) is 0 Å². The zero-order valence-electron chi connectivity index (χ0n) is 24.4. The second-order valence-corrected chi connectivity index (χ2v) is 11.1. The van der Waals surface area contributed by atoms with Crippen molar-refractivity contribution in [3.8, 4) is 0 Å². The SMILES string of the molecule is CCCCCCCCN(C)C(=O)Cn1cc(C(CC(=O)NC)c2cnc(=O)[nH]c2)c(=O)nc1SCc1ccc(F)cc1. The zero-order chi connectivity index (χ0) is 30.5. The number of hydrogen-bond donors (Lipinski definition) is 2. The topological polar surface area (TPSA) is 130 Å². The average Bonchev–Trinajstić information content (AvgIpc) is 2.98. The molecule has 2 aromatic heterocycles. The normalized spacial score (nSPS) is 11.7. The summed E-state index contributed by atoms with van der Waals surface area (Å²) in [5.41, 5.74) is 0.377. The van der Waals surface area contributed by atoms with Crippen molar-refractivity contribution in [2.24, 2.45) is 0 Å². The molecule has 2 amide bonds. The fourth-order valence-corrected chi connectivity index (χ4v) is 5.37. The molecule has 12 heteroatoms. The number of aromatic amines is 1. The number of amides is 2. The molecule has 0 spiro atoms. The zero-order valence-corrected chi connectivity index (χ0v) is 25.2. The van der Waals surface area contributed by atoms with E-state index in [9.17, 15) is 23.6 Å². The Labute approximate surface area is 249 Å². The summed E-state index contributed by atoms with van der Waals surface area (Å²) in [5.74, 6) is -1.16. The Bertz CT molecular complexity index is 1420. The first-order chi connectivity index (χ1) is 20.2. The predicted octanol–water partition coefficient (Wildman–Crippen LogP) is 3.84. The van der Waals surface area contributed by atoms with Crippen LogP contribution in [0.2, 0.25) is 0 Å². The highest BCUT2D eigenvalue weighted by Crippen LogP contribution is 2.27. The third-order valence-electron chi connectivity index (χ3n) is 6.98. The number of H-pyrrole nitrogens is 1. The van der Waals surface area contributed by atoms with Crippen LogP contribution in [0.15, 0.2) is 57.6 Å². The van der Waals surface area contributed by atoms with E-state index in [1.54, 1.807) is 34.8 Å². The van der Waals surface area contributed by atoms with Gasteiger partial charge >= 0.3 is 5.69 Å². The molecule has 2 heterocycles. The van der Waals surface area contributed by atoms with Crippen molar-refractivity contribution in [1.29, 1.82) is 0 Å². The number of nitrogens with zero attached hydrogens (tertiary/aromatic N) is 4. The smallest absolute Gasteiger partial charge is 0.344 e. The third kappa shape index (κ3) is 9.93. The molecule has 0 aliphatic carbocycles. The molecule has 0 saturated carbocycles. The van der Waals surface area contributed by atoms with E-state index in [-0.39, 0.29) is 36.2 Å². The van der Waals surface area contributed by atoms with Crippen LogP contribution in [0.25, 0.3) is 0 Å². The second-order valence-electron chi connectivity index (χ2n) is 10.2. The van der Waals surface area contributed by atoms with Gasteiger partial charge < -0.3 is 19.8 Å². The highest BCUT2D eigenvalue weighted by Gasteiger charge is 2.24. The van der Waals surface area contributed by atoms with Gasteiger partial charge in [0.2, 0.25) is 11.8 Å². The highest BCUT2D eigenvalue weighted by atomic mass is 32.2. The van der Waals surface area contributed by atoms with Gasteiger partial charge in [0.15, 0.2) is 5.16 Å². The van der Waals surface area contributed by atoms with E-state index in [0.29, 0.717) is 23.0 Å². The minimum absolute atomic E-state index is 0.0606. The summed E-state index contributed by atoms with van der Waals surface area (Å²) in [6.07, 6.45) is 10.9. The number of benzene rings is 1. The van der Waals surface area contributed by atoms with Crippen LogP contribution in [0.1, 0.15) is 74.5 Å². The van der Waals surface area contributed by atoms with Crippen LogP contribution in [0, 0.1) is 5.82 Å². The number of unbranched alkanes of at least 4 members (excludes halogenated alkanes) is 5. The van der Waals surface area contributed by atoms with Crippen molar-refractivity contribution in [1.82, 2.24) is 29.7 Å². The summed E-state index contributed by atoms with van der Waals surface area (Å²) in [7, 11) is 3.26. The van der Waals surface area contributed by atoms with E-state index < -0.39 is 17.2 Å². The van der Waals surface area contributed by atoms with Gasteiger partial charge in [-0.3, -0.25) is 14.4 Å². The van der Waals surface area contributed by atoms with E-state index in [4.69, 9.17) is 0 Å². The Balaban J connectivity index is 1.91. The van der Waals surface area contributed by atoms with Gasteiger partial charge in [0.05, 0.1) is 0 Å². The van der Waals surface area contributed by atoms with Crippen LogP contribution in [0.3, 0.4) is 0 Å². The molecule has 42 heavy (non-hydrogen) atoms. The fraction of sp³-hybridized carbons (Fsp3) is 0.467. The molecular formula is C30H39FN6O4S. The molecule has 3 aromatic rings. The van der Waals surface area contributed by atoms with E-state index in [1.165, 1.54) is 62.6 Å². The van der Waals surface area contributed by atoms with Crippen molar-refractivity contribution >= 4 is 23.6 Å². The molecule has 2 N–H and O–H groups in total. The van der Waals surface area contributed by atoms with E-state index in [1.807, 2.05) is 0 Å². The van der Waals surface area contributed by atoms with Crippen molar-refractivity contribution in [3.05, 3.63) is 86.2 Å². The number of nitrogens with one attached hydrogen (secondary N) is 2. The summed E-state index contributed by atoms with van der Waals surface area (Å²) in [5, 5.41) is 2.89. The number of thioether (sulfide) groups is 1. The Hall–Kier alpha value is -3.80. The van der Waals surface area contributed by atoms with Crippen LogP contribution >= 0.6 is 11.8 Å². The first-order valence-electron chi connectivity index (χ1n) is 14.2. The molecule has 1 atom stereocenters. The largest absolute Gasteiger partial charge is 0.359 e. The standard InChI is InChI=1S/C30H39FN6O4S/c1-4-5-6-7-8-9-14-36(3)27(39)19-37-18-25(24(15-26(38)32-2)22-16-33-29(41)34-17-22)28(40)35-30(37)42-20-21-10-12-23(31)13-11-21/h10-13,16-18,24H,4-9,14-15,19-20H2,1-3H3,(H,32,38)(H,33,34,41). The Morgan fingerprint density at radius 3 is 2.50 bits per heavy atom. The van der Waals surface area contributed by atoms with Crippen molar-refractivity contribution in [3.63, 3.8) is 0 Å². The maximum atomic E-state index is 13.4. The molecule has 0 saturated heterocycles. The Kier molecular flexibility index (Phi) is 12.9. The molecule has 0 radical (unpaired) electrons. The Morgan fingerprint density at radius 2 is 1.83 bits per heavy atom. The number of hydrogen-bond acceptors (Lipinski definition) is 7. The number of rotatable bonds is 16. The van der Waals surface area contributed by atoms with Crippen molar-refractivity contribution < 1.29 is 14.0 Å².